The molecule has 0 aliphatic rings. The van der Waals surface area contributed by atoms with Crippen molar-refractivity contribution in [2.45, 2.75) is 58.4 Å². The molecule has 3 nitrogen and oxygen atoms in total. The van der Waals surface area contributed by atoms with Crippen molar-refractivity contribution >= 4 is 5.97 Å². The zero-order valence-corrected chi connectivity index (χ0v) is 13.6. The van der Waals surface area contributed by atoms with Crippen LogP contribution in [0.1, 0.15) is 61.9 Å². The maximum atomic E-state index is 11.2. The van der Waals surface area contributed by atoms with E-state index in [1.165, 1.54) is 32.1 Å². The molecule has 1 atom stereocenters. The zero-order chi connectivity index (χ0) is 15.7. The van der Waals surface area contributed by atoms with Crippen LogP contribution < -0.4 is 0 Å². The number of benzene rings is 1. The number of carboxylic acids is 1. The summed E-state index contributed by atoms with van der Waals surface area (Å²) in [7, 11) is 2.13. The lowest BCUT2D eigenvalue weighted by atomic mass is 10.0. The Bertz CT molecular complexity index is 431. The van der Waals surface area contributed by atoms with E-state index in [-0.39, 0.29) is 0 Å². The molecule has 1 aromatic carbocycles. The Morgan fingerprint density at radius 1 is 1.24 bits per heavy atom. The fourth-order valence-corrected chi connectivity index (χ4v) is 2.55. The number of hydrogen-bond donors (Lipinski definition) is 1. The van der Waals surface area contributed by atoms with E-state index in [0.29, 0.717) is 11.6 Å². The summed E-state index contributed by atoms with van der Waals surface area (Å²) in [5.41, 5.74) is 1.36. The summed E-state index contributed by atoms with van der Waals surface area (Å²) in [6.07, 6.45) is 7.20. The van der Waals surface area contributed by atoms with Crippen molar-refractivity contribution in [3.8, 4) is 0 Å². The van der Waals surface area contributed by atoms with Gasteiger partial charge in [0.2, 0.25) is 0 Å². The van der Waals surface area contributed by atoms with Crippen molar-refractivity contribution in [2.24, 2.45) is 0 Å². The molecule has 0 bridgehead atoms. The Morgan fingerprint density at radius 3 is 2.62 bits per heavy atom. The number of hydrogen-bond acceptors (Lipinski definition) is 2. The molecule has 0 aromatic heterocycles. The molecule has 1 rings (SSSR count). The van der Waals surface area contributed by atoms with Gasteiger partial charge in [0.1, 0.15) is 0 Å². The minimum Gasteiger partial charge on any atom is -0.478 e. The van der Waals surface area contributed by atoms with Gasteiger partial charge in [-0.05, 0) is 38.4 Å². The van der Waals surface area contributed by atoms with Crippen LogP contribution in [0.5, 0.6) is 0 Å². The number of carboxylic acid groups (broad SMARTS) is 1. The van der Waals surface area contributed by atoms with Crippen molar-refractivity contribution < 1.29 is 9.90 Å². The van der Waals surface area contributed by atoms with Crippen LogP contribution in [0, 0.1) is 0 Å². The molecule has 0 heterocycles. The summed E-state index contributed by atoms with van der Waals surface area (Å²) in [5, 5.41) is 9.19. The monoisotopic (exact) mass is 291 g/mol. The third-order valence-electron chi connectivity index (χ3n) is 4.21. The number of rotatable bonds is 10. The van der Waals surface area contributed by atoms with Crippen molar-refractivity contribution in [2.75, 3.05) is 13.6 Å². The zero-order valence-electron chi connectivity index (χ0n) is 13.6. The summed E-state index contributed by atoms with van der Waals surface area (Å²) < 4.78 is 0. The molecule has 1 unspecified atom stereocenters. The number of aromatic carboxylic acids is 1. The summed E-state index contributed by atoms with van der Waals surface area (Å²) in [4.78, 5) is 13.5. The summed E-state index contributed by atoms with van der Waals surface area (Å²) >= 11 is 0. The molecule has 0 saturated carbocycles. The van der Waals surface area contributed by atoms with Crippen molar-refractivity contribution in [1.82, 2.24) is 4.90 Å². The van der Waals surface area contributed by atoms with Gasteiger partial charge in [0.05, 0.1) is 5.56 Å². The van der Waals surface area contributed by atoms with E-state index in [1.54, 1.807) is 12.1 Å². The Hall–Kier alpha value is -1.35. The molecule has 1 aromatic rings. The normalized spacial score (nSPS) is 12.6. The molecule has 0 radical (unpaired) electrons. The van der Waals surface area contributed by atoms with Gasteiger partial charge in [-0.15, -0.1) is 0 Å². The molecule has 1 N–H and O–H groups in total. The van der Waals surface area contributed by atoms with Crippen LogP contribution >= 0.6 is 0 Å². The van der Waals surface area contributed by atoms with Gasteiger partial charge in [0, 0.05) is 12.6 Å². The Labute approximate surface area is 129 Å². The van der Waals surface area contributed by atoms with Gasteiger partial charge in [-0.2, -0.15) is 0 Å². The van der Waals surface area contributed by atoms with Crippen LogP contribution in [0.2, 0.25) is 0 Å². The van der Waals surface area contributed by atoms with Crippen molar-refractivity contribution in [3.05, 3.63) is 35.4 Å². The van der Waals surface area contributed by atoms with Crippen LogP contribution in [0.15, 0.2) is 24.3 Å². The highest BCUT2D eigenvalue weighted by Gasteiger charge is 2.12. The van der Waals surface area contributed by atoms with Gasteiger partial charge in [0.15, 0.2) is 0 Å². The number of nitrogens with zero attached hydrogens (tertiary/aromatic N) is 1. The van der Waals surface area contributed by atoms with Crippen LogP contribution in [0.3, 0.4) is 0 Å². The van der Waals surface area contributed by atoms with E-state index in [1.807, 2.05) is 12.1 Å². The molecule has 0 spiro atoms. The lowest BCUT2D eigenvalue weighted by Crippen LogP contribution is -2.31. The molecular formula is C18H29NO2. The van der Waals surface area contributed by atoms with E-state index in [4.69, 9.17) is 0 Å². The van der Waals surface area contributed by atoms with E-state index in [2.05, 4.69) is 25.8 Å². The molecule has 0 aliphatic carbocycles. The van der Waals surface area contributed by atoms with Gasteiger partial charge in [-0.1, -0.05) is 50.8 Å². The van der Waals surface area contributed by atoms with Crippen molar-refractivity contribution in [3.63, 3.8) is 0 Å². The summed E-state index contributed by atoms with van der Waals surface area (Å²) in [6, 6.07) is 7.86. The van der Waals surface area contributed by atoms with Gasteiger partial charge in [-0.3, -0.25) is 0 Å². The lowest BCUT2D eigenvalue weighted by Gasteiger charge is -2.25. The SMILES string of the molecule is CCCCCCC(C)N(C)CCc1ccccc1C(=O)O. The molecule has 21 heavy (non-hydrogen) atoms. The fourth-order valence-electron chi connectivity index (χ4n) is 2.55. The van der Waals surface area contributed by atoms with Gasteiger partial charge in [-0.25, -0.2) is 4.79 Å². The van der Waals surface area contributed by atoms with E-state index >= 15 is 0 Å². The van der Waals surface area contributed by atoms with E-state index in [9.17, 15) is 9.90 Å². The second-order valence-electron chi connectivity index (χ2n) is 5.89. The molecule has 0 saturated heterocycles. The van der Waals surface area contributed by atoms with Gasteiger partial charge < -0.3 is 10.0 Å². The fraction of sp³-hybridized carbons (Fsp3) is 0.611. The first kappa shape index (κ1) is 17.7. The van der Waals surface area contributed by atoms with Crippen LogP contribution in [0.4, 0.5) is 0 Å². The van der Waals surface area contributed by atoms with Crippen LogP contribution in [-0.2, 0) is 6.42 Å². The van der Waals surface area contributed by atoms with Gasteiger partial charge >= 0.3 is 5.97 Å². The Morgan fingerprint density at radius 2 is 1.95 bits per heavy atom. The van der Waals surface area contributed by atoms with E-state index in [0.717, 1.165) is 18.5 Å². The minimum absolute atomic E-state index is 0.432. The first-order valence-electron chi connectivity index (χ1n) is 8.07. The van der Waals surface area contributed by atoms with E-state index < -0.39 is 5.97 Å². The maximum Gasteiger partial charge on any atom is 0.335 e. The first-order valence-corrected chi connectivity index (χ1v) is 8.07. The number of carbonyl (C=O) groups is 1. The number of likely N-dealkylation sites (N-methyl/N-ethyl adjacent to an activating group) is 1. The minimum atomic E-state index is -0.833. The summed E-state index contributed by atoms with van der Waals surface area (Å²) in [6.45, 7) is 5.39. The van der Waals surface area contributed by atoms with Gasteiger partial charge in [0.25, 0.3) is 0 Å². The predicted octanol–water partition coefficient (Wildman–Crippen LogP) is 4.22. The highest BCUT2D eigenvalue weighted by molar-refractivity contribution is 5.89. The average molecular weight is 291 g/mol. The number of unbranched alkanes of at least 4 members (excludes halogenated alkanes) is 3. The predicted molar refractivity (Wildman–Crippen MR) is 88.0 cm³/mol. The second-order valence-corrected chi connectivity index (χ2v) is 5.89. The Balaban J connectivity index is 2.42. The molecule has 0 fully saturated rings. The second kappa shape index (κ2) is 9.56. The first-order chi connectivity index (χ1) is 10.1. The van der Waals surface area contributed by atoms with Crippen molar-refractivity contribution in [1.29, 1.82) is 0 Å². The third kappa shape index (κ3) is 6.30. The molecular weight excluding hydrogens is 262 g/mol. The largest absolute Gasteiger partial charge is 0.478 e. The highest BCUT2D eigenvalue weighted by atomic mass is 16.4. The molecule has 0 aliphatic heterocycles. The Kier molecular flexibility index (Phi) is 8.06. The average Bonchev–Trinajstić information content (AvgIpc) is 2.49. The van der Waals surface area contributed by atoms with Crippen LogP contribution in [-0.4, -0.2) is 35.6 Å². The molecule has 118 valence electrons. The molecule has 3 heteroatoms. The van der Waals surface area contributed by atoms with Crippen LogP contribution in [0.25, 0.3) is 0 Å². The molecule has 0 amide bonds. The lowest BCUT2D eigenvalue weighted by molar-refractivity contribution is 0.0695. The smallest absolute Gasteiger partial charge is 0.335 e. The highest BCUT2D eigenvalue weighted by Crippen LogP contribution is 2.13. The quantitative estimate of drug-likeness (QED) is 0.656. The summed E-state index contributed by atoms with van der Waals surface area (Å²) in [5.74, 6) is -0.833. The maximum absolute atomic E-state index is 11.2. The topological polar surface area (TPSA) is 40.5 Å². The third-order valence-corrected chi connectivity index (χ3v) is 4.21. The standard InChI is InChI=1S/C18H29NO2/c1-4-5-6-7-10-15(2)19(3)14-13-16-11-8-9-12-17(16)18(20)21/h8-9,11-12,15H,4-7,10,13-14H2,1-3H3,(H,20,21).